The highest BCUT2D eigenvalue weighted by Gasteiger charge is 1.98. The summed E-state index contributed by atoms with van der Waals surface area (Å²) >= 11 is 1.75. The molecule has 0 aromatic carbocycles. The van der Waals surface area contributed by atoms with Gasteiger partial charge in [0, 0.05) is 26.3 Å². The Kier molecular flexibility index (Phi) is 12.0. The molecular weight excluding hydrogens is 158 g/mol. The maximum absolute atomic E-state index is 10.6. The molecule has 0 spiro atoms. The first-order valence-corrected chi connectivity index (χ1v) is 5.28. The average Bonchev–Trinajstić information content (AvgIpc) is 2.03. The van der Waals surface area contributed by atoms with Crippen molar-refractivity contribution in [2.24, 2.45) is 0 Å². The molecule has 0 atom stereocenters. The van der Waals surface area contributed by atoms with Crippen LogP contribution < -0.4 is 0 Å². The number of hydrogen-bond donors (Lipinski definition) is 0. The molecule has 0 aliphatic rings. The Labute approximate surface area is 74.3 Å². The summed E-state index contributed by atoms with van der Waals surface area (Å²) in [6.07, 6.45) is 2.04. The van der Waals surface area contributed by atoms with Crippen LogP contribution in [0.5, 0.6) is 0 Å². The summed E-state index contributed by atoms with van der Waals surface area (Å²) in [5, 5.41) is 0. The summed E-state index contributed by atoms with van der Waals surface area (Å²) in [4.78, 5) is 12.3. The van der Waals surface area contributed by atoms with Crippen LogP contribution in [0.3, 0.4) is 0 Å². The van der Waals surface area contributed by atoms with E-state index in [1.807, 2.05) is 27.2 Å². The fraction of sp³-hybridized carbons (Fsp3) is 0.875. The molecule has 68 valence electrons. The molecule has 0 aromatic rings. The molecule has 1 amide bonds. The molecule has 0 saturated heterocycles. The molecule has 0 unspecified atom stereocenters. The summed E-state index contributed by atoms with van der Waals surface area (Å²) in [7, 11) is 1.82. The molecule has 0 heterocycles. The van der Waals surface area contributed by atoms with E-state index in [0.29, 0.717) is 0 Å². The van der Waals surface area contributed by atoms with Crippen LogP contribution in [0, 0.1) is 0 Å². The van der Waals surface area contributed by atoms with Crippen molar-refractivity contribution in [2.75, 3.05) is 25.6 Å². The van der Waals surface area contributed by atoms with Gasteiger partial charge in [-0.15, -0.1) is 0 Å². The molecule has 0 fully saturated rings. The van der Waals surface area contributed by atoms with Gasteiger partial charge in [-0.25, -0.2) is 0 Å². The third kappa shape index (κ3) is 9.82. The Morgan fingerprint density at radius 1 is 1.45 bits per heavy atom. The normalized spacial score (nSPS) is 8.09. The summed E-state index contributed by atoms with van der Waals surface area (Å²) in [6, 6.07) is 0. The lowest BCUT2D eigenvalue weighted by Crippen LogP contribution is -2.25. The Balaban J connectivity index is 0. The molecule has 0 N–H and O–H groups in total. The second-order valence-electron chi connectivity index (χ2n) is 1.93. The van der Waals surface area contributed by atoms with Gasteiger partial charge in [-0.2, -0.15) is 11.8 Å². The smallest absolute Gasteiger partial charge is 0.219 e. The molecule has 0 aliphatic carbocycles. The highest BCUT2D eigenvalue weighted by Crippen LogP contribution is 1.92. The van der Waals surface area contributed by atoms with Crippen molar-refractivity contribution in [1.82, 2.24) is 4.90 Å². The van der Waals surface area contributed by atoms with Crippen LogP contribution in [0.4, 0.5) is 0 Å². The minimum Gasteiger partial charge on any atom is -0.345 e. The van der Waals surface area contributed by atoms with Gasteiger partial charge in [-0.1, -0.05) is 13.8 Å². The largest absolute Gasteiger partial charge is 0.345 e. The number of carbonyl (C=O) groups excluding carboxylic acids is 1. The SMILES string of the molecule is CC.CSCCN(C)C(C)=O. The number of rotatable bonds is 3. The standard InChI is InChI=1S/C6H13NOS.C2H6/c1-6(8)7(2)4-5-9-3;1-2/h4-5H2,1-3H3;1-2H3. The number of amides is 1. The monoisotopic (exact) mass is 177 g/mol. The van der Waals surface area contributed by atoms with Crippen molar-refractivity contribution >= 4 is 17.7 Å². The Hall–Kier alpha value is -0.180. The summed E-state index contributed by atoms with van der Waals surface area (Å²) < 4.78 is 0. The fourth-order valence-corrected chi connectivity index (χ4v) is 0.842. The van der Waals surface area contributed by atoms with Crippen LogP contribution in [-0.4, -0.2) is 36.4 Å². The topological polar surface area (TPSA) is 20.3 Å². The molecule has 0 bridgehead atoms. The van der Waals surface area contributed by atoms with Crippen molar-refractivity contribution in [1.29, 1.82) is 0 Å². The average molecular weight is 177 g/mol. The first-order valence-electron chi connectivity index (χ1n) is 3.89. The Morgan fingerprint density at radius 2 is 1.91 bits per heavy atom. The van der Waals surface area contributed by atoms with Gasteiger partial charge in [0.25, 0.3) is 0 Å². The molecule has 11 heavy (non-hydrogen) atoms. The lowest BCUT2D eigenvalue weighted by atomic mass is 10.5. The van der Waals surface area contributed by atoms with Gasteiger partial charge in [-0.05, 0) is 6.26 Å². The molecule has 2 nitrogen and oxygen atoms in total. The molecule has 0 radical (unpaired) electrons. The Bertz CT molecular complexity index is 96.1. The second-order valence-corrected chi connectivity index (χ2v) is 2.92. The zero-order chi connectivity index (χ0) is 9.28. The maximum atomic E-state index is 10.6. The van der Waals surface area contributed by atoms with Gasteiger partial charge in [0.2, 0.25) is 5.91 Å². The van der Waals surface area contributed by atoms with Crippen molar-refractivity contribution in [3.8, 4) is 0 Å². The number of thioether (sulfide) groups is 1. The number of nitrogens with zero attached hydrogens (tertiary/aromatic N) is 1. The van der Waals surface area contributed by atoms with Crippen molar-refractivity contribution in [3.05, 3.63) is 0 Å². The van der Waals surface area contributed by atoms with E-state index in [4.69, 9.17) is 0 Å². The maximum Gasteiger partial charge on any atom is 0.219 e. The highest BCUT2D eigenvalue weighted by molar-refractivity contribution is 7.98. The van der Waals surface area contributed by atoms with Crippen molar-refractivity contribution in [2.45, 2.75) is 20.8 Å². The van der Waals surface area contributed by atoms with Crippen LogP contribution in [0.2, 0.25) is 0 Å². The zero-order valence-electron chi connectivity index (χ0n) is 8.18. The lowest BCUT2D eigenvalue weighted by Gasteiger charge is -2.12. The van der Waals surface area contributed by atoms with E-state index in [1.165, 1.54) is 0 Å². The summed E-state index contributed by atoms with van der Waals surface area (Å²) in [6.45, 7) is 6.44. The van der Waals surface area contributed by atoms with E-state index in [1.54, 1.807) is 23.6 Å². The van der Waals surface area contributed by atoms with Gasteiger partial charge in [0.05, 0.1) is 0 Å². The van der Waals surface area contributed by atoms with Crippen molar-refractivity contribution in [3.63, 3.8) is 0 Å². The highest BCUT2D eigenvalue weighted by atomic mass is 32.2. The zero-order valence-corrected chi connectivity index (χ0v) is 8.99. The predicted molar refractivity (Wildman–Crippen MR) is 53.0 cm³/mol. The van der Waals surface area contributed by atoms with E-state index < -0.39 is 0 Å². The van der Waals surface area contributed by atoms with E-state index in [9.17, 15) is 4.79 Å². The molecular formula is C8H19NOS. The molecule has 3 heteroatoms. The third-order valence-electron chi connectivity index (χ3n) is 1.17. The molecule has 0 aromatic heterocycles. The van der Waals surface area contributed by atoms with Crippen LogP contribution in [-0.2, 0) is 4.79 Å². The Morgan fingerprint density at radius 3 is 2.18 bits per heavy atom. The van der Waals surface area contributed by atoms with Gasteiger partial charge >= 0.3 is 0 Å². The number of carbonyl (C=O) groups is 1. The van der Waals surface area contributed by atoms with Gasteiger partial charge in [-0.3, -0.25) is 4.79 Å². The minimum atomic E-state index is 0.143. The van der Waals surface area contributed by atoms with E-state index in [0.717, 1.165) is 12.3 Å². The van der Waals surface area contributed by atoms with E-state index in [-0.39, 0.29) is 5.91 Å². The van der Waals surface area contributed by atoms with Gasteiger partial charge in [0.15, 0.2) is 0 Å². The first kappa shape index (κ1) is 13.4. The summed E-state index contributed by atoms with van der Waals surface area (Å²) in [5.74, 6) is 1.17. The van der Waals surface area contributed by atoms with E-state index in [2.05, 4.69) is 0 Å². The molecule has 0 saturated carbocycles. The predicted octanol–water partition coefficient (Wildman–Crippen LogP) is 1.85. The first-order chi connectivity index (χ1) is 5.18. The van der Waals surface area contributed by atoms with Crippen LogP contribution in [0.15, 0.2) is 0 Å². The van der Waals surface area contributed by atoms with Crippen LogP contribution >= 0.6 is 11.8 Å². The van der Waals surface area contributed by atoms with Gasteiger partial charge in [0.1, 0.15) is 0 Å². The third-order valence-corrected chi connectivity index (χ3v) is 1.76. The quantitative estimate of drug-likeness (QED) is 0.656. The molecule has 0 aliphatic heterocycles. The van der Waals surface area contributed by atoms with E-state index >= 15 is 0 Å². The lowest BCUT2D eigenvalue weighted by molar-refractivity contribution is -0.127. The minimum absolute atomic E-state index is 0.143. The van der Waals surface area contributed by atoms with Gasteiger partial charge < -0.3 is 4.90 Å². The molecule has 0 rings (SSSR count). The van der Waals surface area contributed by atoms with Crippen LogP contribution in [0.25, 0.3) is 0 Å². The van der Waals surface area contributed by atoms with Crippen molar-refractivity contribution < 1.29 is 4.79 Å². The van der Waals surface area contributed by atoms with Crippen LogP contribution in [0.1, 0.15) is 20.8 Å². The summed E-state index contributed by atoms with van der Waals surface area (Å²) in [5.41, 5.74) is 0. The second kappa shape index (κ2) is 9.82. The number of hydrogen-bond acceptors (Lipinski definition) is 2. The fourth-order valence-electron chi connectivity index (χ4n) is 0.386.